The molecule has 0 saturated heterocycles. The highest BCUT2D eigenvalue weighted by Gasteiger charge is 2.26. The summed E-state index contributed by atoms with van der Waals surface area (Å²) in [4.78, 5) is 8.25. The molecule has 10 heteroatoms. The van der Waals surface area contributed by atoms with Crippen LogP contribution in [0.1, 0.15) is 31.5 Å². The molecule has 0 aliphatic carbocycles. The standard InChI is InChI=1S/C12H20F3N5O.HI/c1-3-16-11(18-8-6-12(13,14)15)17-7-4-5-10-19-9(2)20-21-10;/h3-8H2,1-2H3,(H2,16,17,18);1H. The normalized spacial score (nSPS) is 12.0. The van der Waals surface area contributed by atoms with Gasteiger partial charge in [-0.25, -0.2) is 0 Å². The van der Waals surface area contributed by atoms with Crippen molar-refractivity contribution in [2.75, 3.05) is 19.6 Å². The molecule has 0 spiro atoms. The second-order valence-electron chi connectivity index (χ2n) is 4.39. The fourth-order valence-electron chi connectivity index (χ4n) is 1.53. The zero-order valence-corrected chi connectivity index (χ0v) is 14.9. The highest BCUT2D eigenvalue weighted by atomic mass is 127. The second kappa shape index (κ2) is 10.6. The van der Waals surface area contributed by atoms with E-state index in [1.807, 2.05) is 6.92 Å². The van der Waals surface area contributed by atoms with Gasteiger partial charge in [-0.2, -0.15) is 18.2 Å². The van der Waals surface area contributed by atoms with Gasteiger partial charge in [0.1, 0.15) is 0 Å². The third-order valence-electron chi connectivity index (χ3n) is 2.43. The molecule has 0 aliphatic rings. The van der Waals surface area contributed by atoms with E-state index in [0.29, 0.717) is 43.6 Å². The summed E-state index contributed by atoms with van der Waals surface area (Å²) in [6, 6.07) is 0. The number of alkyl halides is 3. The summed E-state index contributed by atoms with van der Waals surface area (Å²) >= 11 is 0. The van der Waals surface area contributed by atoms with Crippen LogP contribution in [-0.2, 0) is 6.42 Å². The van der Waals surface area contributed by atoms with Crippen LogP contribution in [-0.4, -0.2) is 41.9 Å². The third kappa shape index (κ3) is 9.79. The van der Waals surface area contributed by atoms with Crippen LogP contribution in [0.3, 0.4) is 0 Å². The Kier molecular flexibility index (Phi) is 10.1. The van der Waals surface area contributed by atoms with E-state index < -0.39 is 12.6 Å². The lowest BCUT2D eigenvalue weighted by Gasteiger charge is -2.12. The topological polar surface area (TPSA) is 75.3 Å². The largest absolute Gasteiger partial charge is 0.390 e. The molecule has 1 aromatic heterocycles. The first-order valence-electron chi connectivity index (χ1n) is 6.79. The van der Waals surface area contributed by atoms with E-state index in [1.165, 1.54) is 0 Å². The van der Waals surface area contributed by atoms with Crippen molar-refractivity contribution in [2.24, 2.45) is 4.99 Å². The van der Waals surface area contributed by atoms with Crippen molar-refractivity contribution in [3.63, 3.8) is 0 Å². The minimum atomic E-state index is -4.17. The Morgan fingerprint density at radius 1 is 1.32 bits per heavy atom. The molecule has 2 N–H and O–H groups in total. The predicted molar refractivity (Wildman–Crippen MR) is 87.4 cm³/mol. The first-order valence-corrected chi connectivity index (χ1v) is 6.79. The Balaban J connectivity index is 0.00000441. The Hall–Kier alpha value is -1.07. The van der Waals surface area contributed by atoms with Gasteiger partial charge in [0.05, 0.1) is 6.42 Å². The van der Waals surface area contributed by atoms with Crippen molar-refractivity contribution in [1.82, 2.24) is 20.8 Å². The Morgan fingerprint density at radius 2 is 2.05 bits per heavy atom. The molecule has 1 rings (SSSR count). The molecule has 0 saturated carbocycles. The molecule has 128 valence electrons. The number of rotatable bonds is 7. The summed E-state index contributed by atoms with van der Waals surface area (Å²) in [6.07, 6.45) is -3.79. The fraction of sp³-hybridized carbons (Fsp3) is 0.750. The smallest absolute Gasteiger partial charge is 0.357 e. The Bertz CT molecular complexity index is 450. The molecule has 0 atom stereocenters. The maximum absolute atomic E-state index is 12.1. The molecule has 0 amide bonds. The molecule has 0 aromatic carbocycles. The van der Waals surface area contributed by atoms with Gasteiger partial charge in [-0.1, -0.05) is 5.16 Å². The summed E-state index contributed by atoms with van der Waals surface area (Å²) in [7, 11) is 0. The van der Waals surface area contributed by atoms with Gasteiger partial charge in [0, 0.05) is 26.1 Å². The van der Waals surface area contributed by atoms with Gasteiger partial charge in [-0.3, -0.25) is 4.99 Å². The number of hydrogen-bond acceptors (Lipinski definition) is 4. The number of hydrogen-bond donors (Lipinski definition) is 2. The molecular weight excluding hydrogens is 414 g/mol. The van der Waals surface area contributed by atoms with Crippen LogP contribution < -0.4 is 10.6 Å². The molecule has 1 heterocycles. The average Bonchev–Trinajstić information content (AvgIpc) is 2.79. The quantitative estimate of drug-likeness (QED) is 0.298. The summed E-state index contributed by atoms with van der Waals surface area (Å²) in [6.45, 7) is 4.43. The van der Waals surface area contributed by atoms with Crippen molar-refractivity contribution >= 4 is 29.9 Å². The lowest BCUT2D eigenvalue weighted by molar-refractivity contribution is -0.132. The van der Waals surface area contributed by atoms with Gasteiger partial charge in [-0.15, -0.1) is 24.0 Å². The highest BCUT2D eigenvalue weighted by molar-refractivity contribution is 14.0. The Labute approximate surface area is 144 Å². The molecule has 0 aliphatic heterocycles. The van der Waals surface area contributed by atoms with E-state index in [2.05, 4.69) is 25.8 Å². The first-order chi connectivity index (χ1) is 9.90. The predicted octanol–water partition coefficient (Wildman–Crippen LogP) is 2.44. The lowest BCUT2D eigenvalue weighted by atomic mass is 10.3. The van der Waals surface area contributed by atoms with E-state index in [9.17, 15) is 13.2 Å². The maximum Gasteiger partial charge on any atom is 0.390 e. The van der Waals surface area contributed by atoms with Crippen molar-refractivity contribution in [3.05, 3.63) is 11.7 Å². The van der Waals surface area contributed by atoms with E-state index in [0.717, 1.165) is 0 Å². The van der Waals surface area contributed by atoms with Gasteiger partial charge in [0.2, 0.25) is 5.89 Å². The van der Waals surface area contributed by atoms with Gasteiger partial charge in [0.25, 0.3) is 0 Å². The fourth-order valence-corrected chi connectivity index (χ4v) is 1.53. The van der Waals surface area contributed by atoms with Crippen molar-refractivity contribution < 1.29 is 17.7 Å². The van der Waals surface area contributed by atoms with Gasteiger partial charge < -0.3 is 15.2 Å². The number of aliphatic imine (C=N–C) groups is 1. The van der Waals surface area contributed by atoms with Crippen molar-refractivity contribution in [1.29, 1.82) is 0 Å². The maximum atomic E-state index is 12.1. The Morgan fingerprint density at radius 3 is 2.59 bits per heavy atom. The van der Waals surface area contributed by atoms with Crippen LogP contribution in [0.4, 0.5) is 13.2 Å². The number of aryl methyl sites for hydroxylation is 2. The summed E-state index contributed by atoms with van der Waals surface area (Å²) in [5.41, 5.74) is 0. The zero-order valence-electron chi connectivity index (χ0n) is 12.5. The molecule has 22 heavy (non-hydrogen) atoms. The lowest BCUT2D eigenvalue weighted by Crippen LogP contribution is -2.39. The van der Waals surface area contributed by atoms with Crippen molar-refractivity contribution in [3.8, 4) is 0 Å². The number of guanidine groups is 1. The van der Waals surface area contributed by atoms with E-state index >= 15 is 0 Å². The molecule has 0 unspecified atom stereocenters. The van der Waals surface area contributed by atoms with E-state index in [4.69, 9.17) is 4.52 Å². The van der Waals surface area contributed by atoms with Gasteiger partial charge >= 0.3 is 6.18 Å². The third-order valence-corrected chi connectivity index (χ3v) is 2.43. The van der Waals surface area contributed by atoms with Crippen LogP contribution in [0, 0.1) is 6.92 Å². The highest BCUT2D eigenvalue weighted by Crippen LogP contribution is 2.17. The van der Waals surface area contributed by atoms with Crippen LogP contribution in [0.2, 0.25) is 0 Å². The minimum absolute atomic E-state index is 0. The summed E-state index contributed by atoms with van der Waals surface area (Å²) in [5.74, 6) is 1.50. The monoisotopic (exact) mass is 435 g/mol. The molecule has 0 bridgehead atoms. The number of nitrogens with zero attached hydrogens (tertiary/aromatic N) is 3. The van der Waals surface area contributed by atoms with Crippen molar-refractivity contribution in [2.45, 2.75) is 39.3 Å². The number of aromatic nitrogens is 2. The molecule has 6 nitrogen and oxygen atoms in total. The van der Waals surface area contributed by atoms with Gasteiger partial charge in [0.15, 0.2) is 11.8 Å². The second-order valence-corrected chi connectivity index (χ2v) is 4.39. The average molecular weight is 435 g/mol. The molecular formula is C12H21F3IN5O. The number of halogens is 4. The molecule has 1 aromatic rings. The van der Waals surface area contributed by atoms with Crippen LogP contribution in [0.5, 0.6) is 0 Å². The van der Waals surface area contributed by atoms with Crippen LogP contribution in [0.15, 0.2) is 9.52 Å². The SMILES string of the molecule is CCNC(=NCCCc1nc(C)no1)NCCC(F)(F)F.I. The number of nitrogens with one attached hydrogen (secondary N) is 2. The summed E-state index contributed by atoms with van der Waals surface area (Å²) < 4.78 is 41.1. The van der Waals surface area contributed by atoms with E-state index in [-0.39, 0.29) is 30.5 Å². The van der Waals surface area contributed by atoms with Crippen LogP contribution >= 0.6 is 24.0 Å². The zero-order chi connectivity index (χ0) is 15.7. The van der Waals surface area contributed by atoms with Gasteiger partial charge in [-0.05, 0) is 20.3 Å². The first kappa shape index (κ1) is 20.9. The molecule has 0 fully saturated rings. The van der Waals surface area contributed by atoms with E-state index in [1.54, 1.807) is 6.92 Å². The molecule has 0 radical (unpaired) electrons. The summed E-state index contributed by atoms with van der Waals surface area (Å²) in [5, 5.41) is 9.21. The minimum Gasteiger partial charge on any atom is -0.357 e. The van der Waals surface area contributed by atoms with Crippen LogP contribution in [0.25, 0.3) is 0 Å².